The number of hydrogen-bond donors (Lipinski definition) is 1. The van der Waals surface area contributed by atoms with Crippen molar-refractivity contribution < 1.29 is 9.50 Å². The third-order valence-corrected chi connectivity index (χ3v) is 4.06. The van der Waals surface area contributed by atoms with Gasteiger partial charge in [0.15, 0.2) is 0 Å². The van der Waals surface area contributed by atoms with E-state index in [0.717, 1.165) is 5.56 Å². The van der Waals surface area contributed by atoms with Gasteiger partial charge in [-0.05, 0) is 35.9 Å². The molecule has 0 bridgehead atoms. The molecule has 0 radical (unpaired) electrons. The molecule has 1 atom stereocenters. The Kier molecular flexibility index (Phi) is 4.85. The minimum absolute atomic E-state index is 0.320. The molecule has 5 heteroatoms. The van der Waals surface area contributed by atoms with Crippen LogP contribution in [0.4, 0.5) is 4.39 Å². The highest BCUT2D eigenvalue weighted by atomic mass is 79.9. The minimum atomic E-state index is -0.798. The van der Waals surface area contributed by atoms with Crippen LogP contribution in [0.3, 0.4) is 0 Å². The number of hydrogen-bond acceptors (Lipinski definition) is 1. The normalized spacial score (nSPS) is 12.5. The van der Waals surface area contributed by atoms with Crippen molar-refractivity contribution in [2.45, 2.75) is 12.5 Å². The zero-order valence-corrected chi connectivity index (χ0v) is 12.8. The molecule has 0 aromatic heterocycles. The maximum atomic E-state index is 13.0. The van der Waals surface area contributed by atoms with Crippen molar-refractivity contribution in [2.75, 3.05) is 0 Å². The summed E-state index contributed by atoms with van der Waals surface area (Å²) in [7, 11) is 0. The average molecular weight is 364 g/mol. The predicted molar refractivity (Wildman–Crippen MR) is 79.2 cm³/mol. The fourth-order valence-electron chi connectivity index (χ4n) is 1.78. The summed E-state index contributed by atoms with van der Waals surface area (Å²) in [5.41, 5.74) is 1.36. The van der Waals surface area contributed by atoms with Crippen molar-refractivity contribution in [3.05, 3.63) is 67.9 Å². The Labute approximate surface area is 129 Å². The fraction of sp³-hybridized carbons (Fsp3) is 0.143. The zero-order chi connectivity index (χ0) is 14.0. The first-order chi connectivity index (χ1) is 8.97. The average Bonchev–Trinajstić information content (AvgIpc) is 2.35. The second-order valence-corrected chi connectivity index (χ2v) is 5.82. The Morgan fingerprint density at radius 2 is 1.89 bits per heavy atom. The summed E-state index contributed by atoms with van der Waals surface area (Å²) < 4.78 is 13.6. The topological polar surface area (TPSA) is 20.2 Å². The van der Waals surface area contributed by atoms with Gasteiger partial charge in [-0.15, -0.1) is 0 Å². The molecule has 19 heavy (non-hydrogen) atoms. The maximum absolute atomic E-state index is 13.0. The number of rotatable bonds is 3. The van der Waals surface area contributed by atoms with E-state index in [1.165, 1.54) is 12.1 Å². The Balaban J connectivity index is 2.25. The molecule has 0 saturated carbocycles. The maximum Gasteiger partial charge on any atom is 0.124 e. The molecule has 0 aliphatic carbocycles. The molecule has 2 rings (SSSR count). The number of aliphatic hydroxyl groups is 1. The predicted octanol–water partition coefficient (Wildman–Crippen LogP) is 5.17. The second kappa shape index (κ2) is 6.23. The van der Waals surface area contributed by atoms with Gasteiger partial charge in [0.2, 0.25) is 0 Å². The summed E-state index contributed by atoms with van der Waals surface area (Å²) in [6.45, 7) is 0. The van der Waals surface area contributed by atoms with Crippen LogP contribution in [0.25, 0.3) is 0 Å². The Morgan fingerprint density at radius 3 is 2.58 bits per heavy atom. The fourth-order valence-corrected chi connectivity index (χ4v) is 2.71. The van der Waals surface area contributed by atoms with Gasteiger partial charge in [-0.25, -0.2) is 4.39 Å². The van der Waals surface area contributed by atoms with Crippen LogP contribution in [0.5, 0.6) is 0 Å². The van der Waals surface area contributed by atoms with Crippen molar-refractivity contribution in [1.82, 2.24) is 0 Å². The van der Waals surface area contributed by atoms with Crippen molar-refractivity contribution in [1.29, 1.82) is 0 Å². The van der Waals surface area contributed by atoms with Gasteiger partial charge in [-0.1, -0.05) is 45.2 Å². The van der Waals surface area contributed by atoms with Crippen LogP contribution >= 0.6 is 39.1 Å². The molecule has 0 aliphatic heterocycles. The van der Waals surface area contributed by atoms with E-state index in [1.807, 2.05) is 0 Å². The largest absolute Gasteiger partial charge is 0.388 e. The molecule has 0 spiro atoms. The quantitative estimate of drug-likeness (QED) is 0.797. The molecule has 100 valence electrons. The van der Waals surface area contributed by atoms with Crippen molar-refractivity contribution in [3.8, 4) is 0 Å². The van der Waals surface area contributed by atoms with E-state index in [4.69, 9.17) is 23.2 Å². The standard InChI is InChI=1S/C14H10BrCl2FO/c15-12-7-10(18)3-1-8(12)5-14(19)11-6-9(16)2-4-13(11)17/h1-4,6-7,14,19H,5H2. The molecular weight excluding hydrogens is 354 g/mol. The third-order valence-electron chi connectivity index (χ3n) is 2.75. The van der Waals surface area contributed by atoms with Gasteiger partial charge in [-0.3, -0.25) is 0 Å². The lowest BCUT2D eigenvalue weighted by Crippen LogP contribution is -2.03. The smallest absolute Gasteiger partial charge is 0.124 e. The summed E-state index contributed by atoms with van der Waals surface area (Å²) in [6, 6.07) is 9.27. The van der Waals surface area contributed by atoms with E-state index >= 15 is 0 Å². The van der Waals surface area contributed by atoms with Crippen LogP contribution in [0.1, 0.15) is 17.2 Å². The van der Waals surface area contributed by atoms with E-state index in [1.54, 1.807) is 24.3 Å². The molecule has 1 nitrogen and oxygen atoms in total. The summed E-state index contributed by atoms with van der Waals surface area (Å²) in [5.74, 6) is -0.328. The monoisotopic (exact) mass is 362 g/mol. The lowest BCUT2D eigenvalue weighted by Gasteiger charge is -2.14. The van der Waals surface area contributed by atoms with Crippen LogP contribution in [-0.4, -0.2) is 5.11 Å². The molecule has 0 aliphatic rings. The van der Waals surface area contributed by atoms with Gasteiger partial charge in [0.05, 0.1) is 6.10 Å². The number of aliphatic hydroxyl groups excluding tert-OH is 1. The van der Waals surface area contributed by atoms with Gasteiger partial charge in [-0.2, -0.15) is 0 Å². The first kappa shape index (κ1) is 14.8. The summed E-state index contributed by atoms with van der Waals surface area (Å²) in [6.07, 6.45) is -0.478. The van der Waals surface area contributed by atoms with Crippen molar-refractivity contribution in [2.24, 2.45) is 0 Å². The van der Waals surface area contributed by atoms with E-state index in [0.29, 0.717) is 26.5 Å². The lowest BCUT2D eigenvalue weighted by molar-refractivity contribution is 0.178. The van der Waals surface area contributed by atoms with Gasteiger partial charge in [0, 0.05) is 26.5 Å². The van der Waals surface area contributed by atoms with Gasteiger partial charge in [0.25, 0.3) is 0 Å². The molecule has 0 fully saturated rings. The van der Waals surface area contributed by atoms with Crippen LogP contribution in [0.2, 0.25) is 10.0 Å². The second-order valence-electron chi connectivity index (χ2n) is 4.12. The van der Waals surface area contributed by atoms with E-state index in [9.17, 15) is 9.50 Å². The molecule has 0 amide bonds. The zero-order valence-electron chi connectivity index (χ0n) is 9.71. The van der Waals surface area contributed by atoms with E-state index in [2.05, 4.69) is 15.9 Å². The summed E-state index contributed by atoms with van der Waals surface area (Å²) in [5, 5.41) is 11.2. The van der Waals surface area contributed by atoms with E-state index < -0.39 is 6.10 Å². The Morgan fingerprint density at radius 1 is 1.16 bits per heavy atom. The molecule has 2 aromatic rings. The van der Waals surface area contributed by atoms with Crippen molar-refractivity contribution >= 4 is 39.1 Å². The highest BCUT2D eigenvalue weighted by Crippen LogP contribution is 2.30. The highest BCUT2D eigenvalue weighted by Gasteiger charge is 2.14. The van der Waals surface area contributed by atoms with Crippen LogP contribution in [0.15, 0.2) is 40.9 Å². The van der Waals surface area contributed by atoms with Crippen LogP contribution in [0, 0.1) is 5.82 Å². The lowest BCUT2D eigenvalue weighted by atomic mass is 10.0. The highest BCUT2D eigenvalue weighted by molar-refractivity contribution is 9.10. The van der Waals surface area contributed by atoms with Crippen LogP contribution < -0.4 is 0 Å². The first-order valence-corrected chi connectivity index (χ1v) is 7.09. The first-order valence-electron chi connectivity index (χ1n) is 5.54. The Bertz CT molecular complexity index is 604. The molecule has 1 N–H and O–H groups in total. The Hall–Kier alpha value is -0.610. The molecular formula is C14H10BrCl2FO. The van der Waals surface area contributed by atoms with Crippen LogP contribution in [-0.2, 0) is 6.42 Å². The molecule has 0 heterocycles. The van der Waals surface area contributed by atoms with Gasteiger partial charge < -0.3 is 5.11 Å². The SMILES string of the molecule is OC(Cc1ccc(F)cc1Br)c1cc(Cl)ccc1Cl. The molecule has 0 saturated heterocycles. The van der Waals surface area contributed by atoms with E-state index in [-0.39, 0.29) is 5.82 Å². The molecule has 1 unspecified atom stereocenters. The third kappa shape index (κ3) is 3.69. The number of benzene rings is 2. The van der Waals surface area contributed by atoms with Gasteiger partial charge >= 0.3 is 0 Å². The summed E-state index contributed by atoms with van der Waals surface area (Å²) in [4.78, 5) is 0. The van der Waals surface area contributed by atoms with Crippen molar-refractivity contribution in [3.63, 3.8) is 0 Å². The van der Waals surface area contributed by atoms with Gasteiger partial charge in [0.1, 0.15) is 5.82 Å². The summed E-state index contributed by atoms with van der Waals surface area (Å²) >= 11 is 15.2. The minimum Gasteiger partial charge on any atom is -0.388 e. The number of halogens is 4. The molecule has 2 aromatic carbocycles.